The maximum absolute atomic E-state index is 13.2. The van der Waals surface area contributed by atoms with Crippen LogP contribution in [0.5, 0.6) is 0 Å². The molecule has 0 spiro atoms. The van der Waals surface area contributed by atoms with Crippen molar-refractivity contribution < 1.29 is 17.6 Å². The first-order valence-electron chi connectivity index (χ1n) is 10.5. The number of carbonyl (C=O) groups is 1. The number of aromatic amines is 1. The zero-order chi connectivity index (χ0) is 22.7. The van der Waals surface area contributed by atoms with E-state index in [1.54, 1.807) is 12.1 Å². The molecule has 0 bridgehead atoms. The largest absolute Gasteiger partial charge is 0.348 e. The lowest BCUT2D eigenvalue weighted by Gasteiger charge is -2.20. The van der Waals surface area contributed by atoms with Gasteiger partial charge in [-0.3, -0.25) is 9.59 Å². The molecular weight excluding hydrogens is 433 g/mol. The topological polar surface area (TPSA) is 99.3 Å². The van der Waals surface area contributed by atoms with E-state index in [4.69, 9.17) is 0 Å². The zero-order valence-electron chi connectivity index (χ0n) is 17.4. The van der Waals surface area contributed by atoms with Gasteiger partial charge in [-0.15, -0.1) is 0 Å². The van der Waals surface area contributed by atoms with E-state index in [2.05, 4.69) is 10.3 Å². The van der Waals surface area contributed by atoms with E-state index in [1.807, 2.05) is 0 Å². The van der Waals surface area contributed by atoms with Crippen molar-refractivity contribution >= 4 is 26.8 Å². The van der Waals surface area contributed by atoms with E-state index in [1.165, 1.54) is 34.6 Å². The Bertz CT molecular complexity index is 1300. The second-order valence-electron chi connectivity index (χ2n) is 7.88. The van der Waals surface area contributed by atoms with Gasteiger partial charge in [0.2, 0.25) is 15.6 Å². The summed E-state index contributed by atoms with van der Waals surface area (Å²) in [6.07, 6.45) is 3.64. The van der Waals surface area contributed by atoms with Gasteiger partial charge in [0.05, 0.1) is 10.5 Å². The van der Waals surface area contributed by atoms with Crippen LogP contribution in [-0.2, 0) is 16.6 Å². The van der Waals surface area contributed by atoms with E-state index in [0.29, 0.717) is 29.6 Å². The molecule has 7 nitrogen and oxygen atoms in total. The first kappa shape index (κ1) is 22.2. The number of benzene rings is 2. The van der Waals surface area contributed by atoms with Gasteiger partial charge in [-0.05, 0) is 48.7 Å². The van der Waals surface area contributed by atoms with E-state index >= 15 is 0 Å². The molecule has 1 amide bonds. The molecule has 0 aliphatic carbocycles. The number of carbonyl (C=O) groups excluding carboxylic acids is 1. The Morgan fingerprint density at radius 3 is 2.38 bits per heavy atom. The van der Waals surface area contributed by atoms with Crippen molar-refractivity contribution in [2.45, 2.75) is 37.1 Å². The summed E-state index contributed by atoms with van der Waals surface area (Å²) in [6, 6.07) is 11.3. The fraction of sp³-hybridized carbons (Fsp3) is 0.304. The summed E-state index contributed by atoms with van der Waals surface area (Å²) >= 11 is 0. The lowest BCUT2D eigenvalue weighted by molar-refractivity contribution is 0.0952. The third-order valence-corrected chi connectivity index (χ3v) is 7.52. The number of hydrogen-bond acceptors (Lipinski definition) is 4. The molecule has 0 atom stereocenters. The number of aromatic nitrogens is 1. The molecule has 0 saturated carbocycles. The van der Waals surface area contributed by atoms with Crippen LogP contribution in [0.2, 0.25) is 0 Å². The molecule has 1 aliphatic heterocycles. The van der Waals surface area contributed by atoms with Gasteiger partial charge in [-0.25, -0.2) is 12.8 Å². The number of hydrogen-bond donors (Lipinski definition) is 2. The minimum Gasteiger partial charge on any atom is -0.348 e. The highest BCUT2D eigenvalue weighted by Crippen LogP contribution is 2.25. The van der Waals surface area contributed by atoms with Crippen LogP contribution in [0.25, 0.3) is 10.9 Å². The maximum atomic E-state index is 13.2. The SMILES string of the molecule is O=C(NCc1ccc(F)cc1)c1cc(=O)[nH]c2ccc(S(=O)(=O)N3CCCCCC3)cc12. The number of fused-ring (bicyclic) bond motifs is 1. The van der Waals surface area contributed by atoms with E-state index in [0.717, 1.165) is 31.7 Å². The molecular formula is C23H24FN3O4S. The number of amides is 1. The summed E-state index contributed by atoms with van der Waals surface area (Å²) in [5.74, 6) is -0.895. The molecule has 0 unspecified atom stereocenters. The third-order valence-electron chi connectivity index (χ3n) is 5.63. The van der Waals surface area contributed by atoms with Crippen molar-refractivity contribution in [2.24, 2.45) is 0 Å². The van der Waals surface area contributed by atoms with Crippen LogP contribution in [0.3, 0.4) is 0 Å². The van der Waals surface area contributed by atoms with Gasteiger partial charge in [0.25, 0.3) is 5.91 Å². The molecule has 1 saturated heterocycles. The van der Waals surface area contributed by atoms with E-state index in [-0.39, 0.29) is 22.8 Å². The summed E-state index contributed by atoms with van der Waals surface area (Å²) in [5, 5.41) is 3.05. The van der Waals surface area contributed by atoms with Gasteiger partial charge in [-0.2, -0.15) is 4.31 Å². The number of pyridine rings is 1. The zero-order valence-corrected chi connectivity index (χ0v) is 18.3. The Hall–Kier alpha value is -3.04. The Morgan fingerprint density at radius 2 is 1.69 bits per heavy atom. The van der Waals surface area contributed by atoms with Crippen LogP contribution in [0.15, 0.2) is 58.2 Å². The van der Waals surface area contributed by atoms with Crippen LogP contribution in [-0.4, -0.2) is 36.7 Å². The van der Waals surface area contributed by atoms with Gasteiger partial charge in [0, 0.05) is 36.6 Å². The van der Waals surface area contributed by atoms with Gasteiger partial charge in [0.1, 0.15) is 5.82 Å². The summed E-state index contributed by atoms with van der Waals surface area (Å²) in [6.45, 7) is 1.08. The molecule has 0 radical (unpaired) electrons. The summed E-state index contributed by atoms with van der Waals surface area (Å²) < 4.78 is 41.0. The highest BCUT2D eigenvalue weighted by molar-refractivity contribution is 7.89. The molecule has 9 heteroatoms. The molecule has 1 aliphatic rings. The van der Waals surface area contributed by atoms with Crippen molar-refractivity contribution in [3.8, 4) is 0 Å². The average molecular weight is 458 g/mol. The first-order valence-corrected chi connectivity index (χ1v) is 12.0. The second-order valence-corrected chi connectivity index (χ2v) is 9.82. The monoisotopic (exact) mass is 457 g/mol. The van der Waals surface area contributed by atoms with Gasteiger partial charge >= 0.3 is 0 Å². The van der Waals surface area contributed by atoms with Crippen LogP contribution in [0.1, 0.15) is 41.6 Å². The number of rotatable bonds is 5. The smallest absolute Gasteiger partial charge is 0.252 e. The number of halogens is 1. The highest BCUT2D eigenvalue weighted by Gasteiger charge is 2.26. The lowest BCUT2D eigenvalue weighted by Crippen LogP contribution is -2.32. The van der Waals surface area contributed by atoms with E-state index < -0.39 is 21.5 Å². The molecule has 4 rings (SSSR count). The van der Waals surface area contributed by atoms with Crippen LogP contribution in [0.4, 0.5) is 4.39 Å². The quantitative estimate of drug-likeness (QED) is 0.615. The standard InChI is InChI=1S/C23H24FN3O4S/c24-17-7-5-16(6-8-17)15-25-23(29)20-14-22(28)26-21-10-9-18(13-19(20)21)32(30,31)27-11-3-1-2-4-12-27/h5-10,13-14H,1-4,11-12,15H2,(H,25,29)(H,26,28). The third kappa shape index (κ3) is 4.73. The minimum atomic E-state index is -3.71. The predicted molar refractivity (Wildman–Crippen MR) is 119 cm³/mol. The molecule has 3 aromatic rings. The molecule has 32 heavy (non-hydrogen) atoms. The van der Waals surface area contributed by atoms with Gasteiger partial charge in [0.15, 0.2) is 0 Å². The average Bonchev–Trinajstić information content (AvgIpc) is 3.08. The summed E-state index contributed by atoms with van der Waals surface area (Å²) in [7, 11) is -3.71. The van der Waals surface area contributed by atoms with Crippen LogP contribution in [0, 0.1) is 5.82 Å². The summed E-state index contributed by atoms with van der Waals surface area (Å²) in [4.78, 5) is 27.7. The van der Waals surface area contributed by atoms with Gasteiger partial charge in [-0.1, -0.05) is 25.0 Å². The van der Waals surface area contributed by atoms with Gasteiger partial charge < -0.3 is 10.3 Å². The Labute approximate surface area is 185 Å². The van der Waals surface area contributed by atoms with Crippen molar-refractivity contribution in [3.05, 3.63) is 75.8 Å². The molecule has 1 fully saturated rings. The van der Waals surface area contributed by atoms with Crippen LogP contribution < -0.4 is 10.9 Å². The summed E-state index contributed by atoms with van der Waals surface area (Å²) in [5.41, 5.74) is 0.684. The Kier molecular flexibility index (Phi) is 6.38. The maximum Gasteiger partial charge on any atom is 0.252 e. The molecule has 168 valence electrons. The van der Waals surface area contributed by atoms with Crippen molar-refractivity contribution in [2.75, 3.05) is 13.1 Å². The Balaban J connectivity index is 1.67. The second kappa shape index (κ2) is 9.22. The van der Waals surface area contributed by atoms with Crippen molar-refractivity contribution in [1.29, 1.82) is 0 Å². The fourth-order valence-corrected chi connectivity index (χ4v) is 5.44. The number of H-pyrrole nitrogens is 1. The molecule has 2 N–H and O–H groups in total. The molecule has 2 heterocycles. The lowest BCUT2D eigenvalue weighted by atomic mass is 10.1. The normalized spacial score (nSPS) is 15.4. The first-order chi connectivity index (χ1) is 15.3. The number of nitrogens with one attached hydrogen (secondary N) is 2. The molecule has 1 aromatic heterocycles. The van der Waals surface area contributed by atoms with Crippen molar-refractivity contribution in [3.63, 3.8) is 0 Å². The van der Waals surface area contributed by atoms with E-state index in [9.17, 15) is 22.4 Å². The van der Waals surface area contributed by atoms with Crippen LogP contribution >= 0.6 is 0 Å². The predicted octanol–water partition coefficient (Wildman–Crippen LogP) is 3.16. The fourth-order valence-electron chi connectivity index (χ4n) is 3.89. The number of nitrogens with zero attached hydrogens (tertiary/aromatic N) is 1. The number of sulfonamides is 1. The highest BCUT2D eigenvalue weighted by atomic mass is 32.2. The minimum absolute atomic E-state index is 0.0822. The van der Waals surface area contributed by atoms with Crippen molar-refractivity contribution in [1.82, 2.24) is 14.6 Å². The molecule has 2 aromatic carbocycles. The Morgan fingerprint density at radius 1 is 1.00 bits per heavy atom.